The zero-order valence-electron chi connectivity index (χ0n) is 20.4. The number of pyridine rings is 1. The van der Waals surface area contributed by atoms with E-state index in [-0.39, 0.29) is 12.4 Å². The van der Waals surface area contributed by atoms with Gasteiger partial charge in [0.1, 0.15) is 0 Å². The maximum atomic E-state index is 13.4. The minimum absolute atomic E-state index is 0.320. The van der Waals surface area contributed by atoms with Crippen molar-refractivity contribution in [3.8, 4) is 11.5 Å². The Morgan fingerprint density at radius 2 is 1.76 bits per heavy atom. The van der Waals surface area contributed by atoms with Gasteiger partial charge in [-0.2, -0.15) is 0 Å². The van der Waals surface area contributed by atoms with Crippen LogP contribution in [0.2, 0.25) is 5.02 Å². The number of ether oxygens (including phenoxy) is 3. The van der Waals surface area contributed by atoms with Gasteiger partial charge in [-0.25, -0.2) is 9.78 Å². The van der Waals surface area contributed by atoms with Crippen LogP contribution < -0.4 is 9.47 Å². The number of para-hydroxylation sites is 1. The molecule has 186 valence electrons. The molecule has 1 heterocycles. The van der Waals surface area contributed by atoms with Crippen molar-refractivity contribution in [2.75, 3.05) is 20.8 Å². The molecule has 0 atom stereocenters. The van der Waals surface area contributed by atoms with Gasteiger partial charge in [0.25, 0.3) is 0 Å². The summed E-state index contributed by atoms with van der Waals surface area (Å²) in [7, 11) is 3.20. The largest absolute Gasteiger partial charge is 0.493 e. The average Bonchev–Trinajstić information content (AvgIpc) is 3.31. The van der Waals surface area contributed by atoms with Crippen molar-refractivity contribution in [2.24, 2.45) is 0 Å². The van der Waals surface area contributed by atoms with E-state index in [0.717, 1.165) is 22.4 Å². The van der Waals surface area contributed by atoms with E-state index in [4.69, 9.17) is 30.8 Å². The number of benzene rings is 3. The molecule has 0 spiro atoms. The summed E-state index contributed by atoms with van der Waals surface area (Å²) < 4.78 is 16.3. The van der Waals surface area contributed by atoms with Crippen LogP contribution >= 0.6 is 11.6 Å². The van der Waals surface area contributed by atoms with Gasteiger partial charge < -0.3 is 14.2 Å². The molecular formula is C30H24ClNO5. The molecule has 1 aliphatic rings. The van der Waals surface area contributed by atoms with Gasteiger partial charge in [-0.1, -0.05) is 48.0 Å². The number of allylic oxidation sites excluding steroid dienone is 1. The molecule has 0 N–H and O–H groups in total. The lowest BCUT2D eigenvalue weighted by Crippen LogP contribution is -2.16. The lowest BCUT2D eigenvalue weighted by atomic mass is 10.0. The number of rotatable bonds is 7. The van der Waals surface area contributed by atoms with Crippen molar-refractivity contribution in [3.05, 3.63) is 99.7 Å². The van der Waals surface area contributed by atoms with Gasteiger partial charge in [-0.15, -0.1) is 0 Å². The molecule has 0 amide bonds. The first kappa shape index (κ1) is 24.5. The number of ketones is 1. The lowest BCUT2D eigenvalue weighted by molar-refractivity contribution is 0.0475. The van der Waals surface area contributed by atoms with Gasteiger partial charge in [0.15, 0.2) is 23.9 Å². The van der Waals surface area contributed by atoms with Crippen molar-refractivity contribution >= 4 is 45.9 Å². The summed E-state index contributed by atoms with van der Waals surface area (Å²) in [5, 5.41) is 1.15. The SMILES string of the molecule is COc1ccc(/C=C2\CCc3c2nc2ccccc2c3C(=O)OCC(=O)c2cccc(Cl)c2)cc1OC. The van der Waals surface area contributed by atoms with E-state index in [0.29, 0.717) is 51.4 Å². The quantitative estimate of drug-likeness (QED) is 0.209. The fourth-order valence-electron chi connectivity index (χ4n) is 4.60. The first-order valence-corrected chi connectivity index (χ1v) is 12.2. The van der Waals surface area contributed by atoms with Crippen LogP contribution in [0.25, 0.3) is 22.6 Å². The molecule has 5 rings (SSSR count). The molecular weight excluding hydrogens is 490 g/mol. The zero-order chi connectivity index (χ0) is 25.9. The standard InChI is InChI=1S/C30H24ClNO5/c1-35-26-13-10-18(15-27(26)36-2)14-20-11-12-23-28(22-8-3-4-9-24(22)32-29(20)23)30(34)37-17-25(33)19-6-5-7-21(31)16-19/h3-10,13-16H,11-12,17H2,1-2H3/b20-14+. The molecule has 6 nitrogen and oxygen atoms in total. The fraction of sp³-hybridized carbons (Fsp3) is 0.167. The number of aromatic nitrogens is 1. The minimum Gasteiger partial charge on any atom is -0.493 e. The highest BCUT2D eigenvalue weighted by Gasteiger charge is 2.28. The summed E-state index contributed by atoms with van der Waals surface area (Å²) in [5.74, 6) is 0.422. The number of hydrogen-bond acceptors (Lipinski definition) is 6. The Morgan fingerprint density at radius 1 is 0.946 bits per heavy atom. The normalized spacial score (nSPS) is 13.4. The van der Waals surface area contributed by atoms with Gasteiger partial charge in [-0.05, 0) is 65.9 Å². The van der Waals surface area contributed by atoms with Crippen molar-refractivity contribution in [1.29, 1.82) is 0 Å². The van der Waals surface area contributed by atoms with Crippen LogP contribution in [0.5, 0.6) is 11.5 Å². The van der Waals surface area contributed by atoms with Gasteiger partial charge >= 0.3 is 5.97 Å². The summed E-state index contributed by atoms with van der Waals surface area (Å²) >= 11 is 6.00. The van der Waals surface area contributed by atoms with Gasteiger partial charge in [0, 0.05) is 16.0 Å². The molecule has 37 heavy (non-hydrogen) atoms. The Morgan fingerprint density at radius 3 is 2.54 bits per heavy atom. The number of fused-ring (bicyclic) bond motifs is 2. The maximum absolute atomic E-state index is 13.4. The zero-order valence-corrected chi connectivity index (χ0v) is 21.2. The van der Waals surface area contributed by atoms with Gasteiger partial charge in [0.05, 0.1) is 31.0 Å². The molecule has 1 aromatic heterocycles. The predicted octanol–water partition coefficient (Wildman–Crippen LogP) is 6.43. The molecule has 0 fully saturated rings. The summed E-state index contributed by atoms with van der Waals surface area (Å²) in [4.78, 5) is 30.9. The van der Waals surface area contributed by atoms with E-state index >= 15 is 0 Å². The van der Waals surface area contributed by atoms with Crippen LogP contribution in [0.1, 0.15) is 44.0 Å². The van der Waals surface area contributed by atoms with E-state index < -0.39 is 5.97 Å². The first-order chi connectivity index (χ1) is 18.0. The molecule has 0 saturated heterocycles. The summed E-state index contributed by atoms with van der Waals surface area (Å²) in [6.45, 7) is -0.376. The average molecular weight is 514 g/mol. The van der Waals surface area contributed by atoms with Crippen LogP contribution in [0.15, 0.2) is 66.7 Å². The third-order valence-corrected chi connectivity index (χ3v) is 6.61. The number of carbonyl (C=O) groups excluding carboxylic acids is 2. The van der Waals surface area contributed by atoms with Crippen LogP contribution in [-0.4, -0.2) is 37.6 Å². The Kier molecular flexibility index (Phi) is 6.93. The number of halogens is 1. The van der Waals surface area contributed by atoms with E-state index in [1.54, 1.807) is 38.5 Å². The molecule has 1 aliphatic carbocycles. The number of nitrogens with zero attached hydrogens (tertiary/aromatic N) is 1. The van der Waals surface area contributed by atoms with E-state index in [2.05, 4.69) is 0 Å². The van der Waals surface area contributed by atoms with E-state index in [1.165, 1.54) is 0 Å². The maximum Gasteiger partial charge on any atom is 0.339 e. The van der Waals surface area contributed by atoms with Crippen molar-refractivity contribution in [1.82, 2.24) is 4.98 Å². The van der Waals surface area contributed by atoms with Crippen molar-refractivity contribution in [2.45, 2.75) is 12.8 Å². The number of esters is 1. The highest BCUT2D eigenvalue weighted by atomic mass is 35.5. The molecule has 0 aliphatic heterocycles. The van der Waals surface area contributed by atoms with Crippen LogP contribution in [0.3, 0.4) is 0 Å². The summed E-state index contributed by atoms with van der Waals surface area (Å²) in [6.07, 6.45) is 3.40. The minimum atomic E-state index is -0.544. The second kappa shape index (κ2) is 10.4. The third kappa shape index (κ3) is 4.93. The Hall–Kier alpha value is -4.16. The highest BCUT2D eigenvalue weighted by molar-refractivity contribution is 6.31. The Labute approximate surface area is 219 Å². The lowest BCUT2D eigenvalue weighted by Gasteiger charge is -2.12. The van der Waals surface area contributed by atoms with Crippen LogP contribution in [-0.2, 0) is 11.2 Å². The molecule has 4 aromatic rings. The molecule has 0 unspecified atom stereocenters. The molecule has 0 radical (unpaired) electrons. The van der Waals surface area contributed by atoms with Crippen LogP contribution in [0.4, 0.5) is 0 Å². The van der Waals surface area contributed by atoms with Gasteiger partial charge in [-0.3, -0.25) is 4.79 Å². The van der Waals surface area contributed by atoms with E-state index in [9.17, 15) is 9.59 Å². The fourth-order valence-corrected chi connectivity index (χ4v) is 4.79. The van der Waals surface area contributed by atoms with Gasteiger partial charge in [0.2, 0.25) is 0 Å². The number of hydrogen-bond donors (Lipinski definition) is 0. The third-order valence-electron chi connectivity index (χ3n) is 6.38. The van der Waals surface area contributed by atoms with E-state index in [1.807, 2.05) is 48.5 Å². The number of methoxy groups -OCH3 is 2. The second-order valence-electron chi connectivity index (χ2n) is 8.62. The van der Waals surface area contributed by atoms with Crippen molar-refractivity contribution in [3.63, 3.8) is 0 Å². The summed E-state index contributed by atoms with van der Waals surface area (Å²) in [6, 6.07) is 19.8. The first-order valence-electron chi connectivity index (χ1n) is 11.8. The topological polar surface area (TPSA) is 74.7 Å². The summed E-state index contributed by atoms with van der Waals surface area (Å²) in [5.41, 5.74) is 5.07. The molecule has 0 bridgehead atoms. The molecule has 3 aromatic carbocycles. The predicted molar refractivity (Wildman–Crippen MR) is 144 cm³/mol. The second-order valence-corrected chi connectivity index (χ2v) is 9.06. The van der Waals surface area contributed by atoms with Crippen molar-refractivity contribution < 1.29 is 23.8 Å². The molecule has 7 heteroatoms. The monoisotopic (exact) mass is 513 g/mol. The number of Topliss-reactive ketones (excluding diaryl/α,β-unsaturated/α-hetero) is 1. The smallest absolute Gasteiger partial charge is 0.339 e. The van der Waals surface area contributed by atoms with Crippen LogP contribution in [0, 0.1) is 0 Å². The highest BCUT2D eigenvalue weighted by Crippen LogP contribution is 2.38. The Bertz CT molecular complexity index is 1560. The molecule has 0 saturated carbocycles. The number of carbonyl (C=O) groups is 2. The Balaban J connectivity index is 1.49.